The maximum Gasteiger partial charge on any atom is 0.261 e. The van der Waals surface area contributed by atoms with Crippen molar-refractivity contribution in [3.05, 3.63) is 35.0 Å². The Bertz CT molecular complexity index is 684. The van der Waals surface area contributed by atoms with Gasteiger partial charge < -0.3 is 10.1 Å². The Morgan fingerprint density at radius 3 is 3.00 bits per heavy atom. The molecule has 0 spiro atoms. The fraction of sp³-hybridized carbons (Fsp3) is 0.400. The van der Waals surface area contributed by atoms with Crippen LogP contribution in [0.5, 0.6) is 0 Å². The maximum absolute atomic E-state index is 13.2. The first-order valence-corrected chi connectivity index (χ1v) is 7.66. The quantitative estimate of drug-likeness (QED) is 0.923. The summed E-state index contributed by atoms with van der Waals surface area (Å²) in [5.41, 5.74) is 0. The Hall–Kier alpha value is -1.46. The van der Waals surface area contributed by atoms with Crippen molar-refractivity contribution in [2.45, 2.75) is 37.5 Å². The number of benzene rings is 1. The molecule has 0 aliphatic carbocycles. The average Bonchev–Trinajstić information content (AvgIpc) is 3.11. The number of carbonyl (C=O) groups is 1. The summed E-state index contributed by atoms with van der Waals surface area (Å²) in [6, 6.07) is 6.48. The minimum Gasteiger partial charge on any atom is -0.373 e. The lowest BCUT2D eigenvalue weighted by Gasteiger charge is -2.19. The van der Waals surface area contributed by atoms with E-state index >= 15 is 0 Å². The summed E-state index contributed by atoms with van der Waals surface area (Å²) in [5.74, 6) is -0.350. The van der Waals surface area contributed by atoms with Crippen LogP contribution in [0.15, 0.2) is 24.3 Å². The molecule has 0 radical (unpaired) electrons. The predicted octanol–water partition coefficient (Wildman–Crippen LogP) is 3.09. The topological polar surface area (TPSA) is 38.3 Å². The molecule has 104 valence electrons. The summed E-state index contributed by atoms with van der Waals surface area (Å²) < 4.78 is 19.8. The molecule has 2 aliphatic heterocycles. The van der Waals surface area contributed by atoms with Gasteiger partial charge in [0.15, 0.2) is 0 Å². The zero-order chi connectivity index (χ0) is 13.7. The van der Waals surface area contributed by atoms with E-state index in [4.69, 9.17) is 4.74 Å². The number of rotatable bonds is 2. The minimum atomic E-state index is -0.274. The Kier molecular flexibility index (Phi) is 2.79. The Morgan fingerprint density at radius 1 is 1.35 bits per heavy atom. The Morgan fingerprint density at radius 2 is 2.25 bits per heavy atom. The number of thiophene rings is 1. The summed E-state index contributed by atoms with van der Waals surface area (Å²) in [6.45, 7) is 0. The van der Waals surface area contributed by atoms with Gasteiger partial charge in [-0.3, -0.25) is 4.79 Å². The molecule has 20 heavy (non-hydrogen) atoms. The number of ether oxygens (including phenoxy) is 1. The van der Waals surface area contributed by atoms with Crippen LogP contribution >= 0.6 is 11.3 Å². The van der Waals surface area contributed by atoms with Crippen LogP contribution in [0.3, 0.4) is 0 Å². The van der Waals surface area contributed by atoms with Crippen molar-refractivity contribution >= 4 is 27.3 Å². The molecule has 3 nitrogen and oxygen atoms in total. The predicted molar refractivity (Wildman–Crippen MR) is 75.5 cm³/mol. The van der Waals surface area contributed by atoms with Crippen molar-refractivity contribution in [1.82, 2.24) is 5.32 Å². The third kappa shape index (κ3) is 2.01. The Balaban J connectivity index is 1.54. The van der Waals surface area contributed by atoms with Gasteiger partial charge in [0.2, 0.25) is 0 Å². The van der Waals surface area contributed by atoms with Crippen LogP contribution in [0, 0.1) is 5.82 Å². The largest absolute Gasteiger partial charge is 0.373 e. The van der Waals surface area contributed by atoms with Gasteiger partial charge in [-0.2, -0.15) is 0 Å². The molecule has 2 bridgehead atoms. The number of amides is 1. The molecular weight excluding hydrogens is 277 g/mol. The zero-order valence-corrected chi connectivity index (χ0v) is 11.6. The van der Waals surface area contributed by atoms with Crippen molar-refractivity contribution < 1.29 is 13.9 Å². The molecule has 1 amide bonds. The second kappa shape index (κ2) is 4.53. The van der Waals surface area contributed by atoms with E-state index in [2.05, 4.69) is 5.32 Å². The molecule has 1 aromatic heterocycles. The lowest BCUT2D eigenvalue weighted by atomic mass is 9.95. The van der Waals surface area contributed by atoms with Crippen molar-refractivity contribution in [3.8, 4) is 0 Å². The van der Waals surface area contributed by atoms with E-state index in [0.29, 0.717) is 11.0 Å². The standard InChI is InChI=1S/C15H14FNO2S/c16-9-1-4-13-8(5-9)6-14(20-13)15(18)17-11-7-10-2-3-12(11)19-10/h1,4-6,10-12H,2-3,7H2,(H,17,18)/t10-,11-,12+/m1/s1. The van der Waals surface area contributed by atoms with E-state index in [1.807, 2.05) is 0 Å². The SMILES string of the molecule is O=C(N[C@@H]1C[C@H]2CC[C@@H]1O2)c1cc2cc(F)ccc2s1. The molecule has 2 saturated heterocycles. The van der Waals surface area contributed by atoms with Crippen LogP contribution in [-0.2, 0) is 4.74 Å². The minimum absolute atomic E-state index is 0.0761. The first-order chi connectivity index (χ1) is 9.69. The summed E-state index contributed by atoms with van der Waals surface area (Å²) >= 11 is 1.40. The second-order valence-corrected chi connectivity index (χ2v) is 6.57. The third-order valence-electron chi connectivity index (χ3n) is 4.12. The van der Waals surface area contributed by atoms with Crippen LogP contribution in [0.2, 0.25) is 0 Å². The number of nitrogens with one attached hydrogen (secondary N) is 1. The smallest absolute Gasteiger partial charge is 0.261 e. The number of fused-ring (bicyclic) bond motifs is 3. The van der Waals surface area contributed by atoms with Crippen LogP contribution in [-0.4, -0.2) is 24.2 Å². The van der Waals surface area contributed by atoms with E-state index < -0.39 is 0 Å². The molecule has 5 heteroatoms. The molecule has 2 fully saturated rings. The van der Waals surface area contributed by atoms with Gasteiger partial charge in [-0.05, 0) is 48.9 Å². The maximum atomic E-state index is 13.2. The van der Waals surface area contributed by atoms with Crippen molar-refractivity contribution in [2.24, 2.45) is 0 Å². The second-order valence-electron chi connectivity index (χ2n) is 5.48. The van der Waals surface area contributed by atoms with Gasteiger partial charge in [0, 0.05) is 4.70 Å². The molecular formula is C15H14FNO2S. The van der Waals surface area contributed by atoms with Crippen LogP contribution in [0.4, 0.5) is 4.39 Å². The summed E-state index contributed by atoms with van der Waals surface area (Å²) in [4.78, 5) is 12.9. The van der Waals surface area contributed by atoms with Gasteiger partial charge >= 0.3 is 0 Å². The highest BCUT2D eigenvalue weighted by Crippen LogP contribution is 2.35. The number of hydrogen-bond donors (Lipinski definition) is 1. The van der Waals surface area contributed by atoms with Crippen molar-refractivity contribution in [2.75, 3.05) is 0 Å². The molecule has 4 rings (SSSR count). The number of carbonyl (C=O) groups excluding carboxylic acids is 1. The van der Waals surface area contributed by atoms with Crippen LogP contribution in [0.25, 0.3) is 10.1 Å². The van der Waals surface area contributed by atoms with Gasteiger partial charge in [0.05, 0.1) is 23.1 Å². The van der Waals surface area contributed by atoms with E-state index in [0.717, 1.165) is 29.3 Å². The van der Waals surface area contributed by atoms with Gasteiger partial charge in [0.1, 0.15) is 5.82 Å². The highest BCUT2D eigenvalue weighted by Gasteiger charge is 2.41. The van der Waals surface area contributed by atoms with Gasteiger partial charge in [0.25, 0.3) is 5.91 Å². The molecule has 1 N–H and O–H groups in total. The van der Waals surface area contributed by atoms with E-state index in [9.17, 15) is 9.18 Å². The summed E-state index contributed by atoms with van der Waals surface area (Å²) in [6.07, 6.45) is 3.56. The fourth-order valence-electron chi connectivity index (χ4n) is 3.16. The van der Waals surface area contributed by atoms with Gasteiger partial charge in [-0.15, -0.1) is 11.3 Å². The van der Waals surface area contributed by atoms with Crippen molar-refractivity contribution in [1.29, 1.82) is 0 Å². The molecule has 3 heterocycles. The number of hydrogen-bond acceptors (Lipinski definition) is 3. The van der Waals surface area contributed by atoms with Crippen LogP contribution < -0.4 is 5.32 Å². The highest BCUT2D eigenvalue weighted by molar-refractivity contribution is 7.20. The summed E-state index contributed by atoms with van der Waals surface area (Å²) in [5, 5.41) is 3.84. The normalized spacial score (nSPS) is 28.1. The molecule has 3 atom stereocenters. The third-order valence-corrected chi connectivity index (χ3v) is 5.24. The van der Waals surface area contributed by atoms with Gasteiger partial charge in [-0.1, -0.05) is 0 Å². The van der Waals surface area contributed by atoms with E-state index in [1.165, 1.54) is 23.5 Å². The van der Waals surface area contributed by atoms with E-state index in [1.54, 1.807) is 12.1 Å². The van der Waals surface area contributed by atoms with Crippen molar-refractivity contribution in [3.63, 3.8) is 0 Å². The lowest BCUT2D eigenvalue weighted by Crippen LogP contribution is -2.41. The molecule has 0 unspecified atom stereocenters. The molecule has 1 aromatic carbocycles. The average molecular weight is 291 g/mol. The van der Waals surface area contributed by atoms with Gasteiger partial charge in [-0.25, -0.2) is 4.39 Å². The molecule has 0 saturated carbocycles. The zero-order valence-electron chi connectivity index (χ0n) is 10.8. The summed E-state index contributed by atoms with van der Waals surface area (Å²) in [7, 11) is 0. The highest BCUT2D eigenvalue weighted by atomic mass is 32.1. The molecule has 2 aromatic rings. The number of halogens is 1. The fourth-order valence-corrected chi connectivity index (χ4v) is 4.10. The first kappa shape index (κ1) is 12.3. The molecule has 2 aliphatic rings. The lowest BCUT2D eigenvalue weighted by molar-refractivity contribution is 0.0844. The monoisotopic (exact) mass is 291 g/mol. The van der Waals surface area contributed by atoms with Crippen LogP contribution in [0.1, 0.15) is 28.9 Å². The van der Waals surface area contributed by atoms with E-state index in [-0.39, 0.29) is 23.9 Å². The first-order valence-electron chi connectivity index (χ1n) is 6.84. The Labute approximate surface area is 119 Å².